The van der Waals surface area contributed by atoms with E-state index in [0.717, 1.165) is 24.0 Å². The second-order valence-electron chi connectivity index (χ2n) is 6.33. The van der Waals surface area contributed by atoms with E-state index < -0.39 is 15.3 Å². The Morgan fingerprint density at radius 2 is 1.92 bits per heavy atom. The molecule has 1 aromatic carbocycles. The Morgan fingerprint density at radius 1 is 1.16 bits per heavy atom. The van der Waals surface area contributed by atoms with Gasteiger partial charge in [0.05, 0.1) is 24.8 Å². The lowest BCUT2D eigenvalue weighted by molar-refractivity contribution is 0.406. The van der Waals surface area contributed by atoms with E-state index in [4.69, 9.17) is 9.47 Å². The first-order valence-corrected chi connectivity index (χ1v) is 9.74. The van der Waals surface area contributed by atoms with Gasteiger partial charge in [0.15, 0.2) is 0 Å². The van der Waals surface area contributed by atoms with Gasteiger partial charge in [-0.15, -0.1) is 0 Å². The summed E-state index contributed by atoms with van der Waals surface area (Å²) in [6.07, 6.45) is 4.80. The first-order chi connectivity index (χ1) is 11.9. The quantitative estimate of drug-likeness (QED) is 0.854. The van der Waals surface area contributed by atoms with Crippen molar-refractivity contribution < 1.29 is 17.9 Å². The summed E-state index contributed by atoms with van der Waals surface area (Å²) in [5.41, 5.74) is 2.12. The van der Waals surface area contributed by atoms with E-state index in [-0.39, 0.29) is 6.04 Å². The van der Waals surface area contributed by atoms with E-state index in [0.29, 0.717) is 17.2 Å². The zero-order valence-corrected chi connectivity index (χ0v) is 15.3. The van der Waals surface area contributed by atoms with Crippen LogP contribution in [-0.2, 0) is 16.4 Å². The van der Waals surface area contributed by atoms with Gasteiger partial charge in [0, 0.05) is 12.1 Å². The molecule has 0 bridgehead atoms. The Kier molecular flexibility index (Phi) is 4.96. The molecular weight excluding hydrogens is 340 g/mol. The maximum atomic E-state index is 12.1. The van der Waals surface area contributed by atoms with Crippen LogP contribution in [0.5, 0.6) is 17.2 Å². The average molecular weight is 362 g/mol. The highest BCUT2D eigenvalue weighted by atomic mass is 32.2. The normalized spacial score (nSPS) is 16.7. The third-order valence-corrected chi connectivity index (χ3v) is 6.13. The monoisotopic (exact) mass is 362 g/mol. The smallest absolute Gasteiger partial charge is 0.214 e. The second-order valence-corrected chi connectivity index (χ2v) is 8.59. The number of hydrogen-bond acceptors (Lipinski definition) is 5. The topological polar surface area (TPSA) is 77.5 Å². The van der Waals surface area contributed by atoms with Crippen LogP contribution in [0.15, 0.2) is 36.7 Å². The number of sulfonamides is 1. The molecule has 6 nitrogen and oxygen atoms in total. The van der Waals surface area contributed by atoms with Crippen LogP contribution in [0.2, 0.25) is 0 Å². The van der Waals surface area contributed by atoms with Crippen LogP contribution in [0.25, 0.3) is 0 Å². The fourth-order valence-electron chi connectivity index (χ4n) is 2.82. The molecule has 7 heteroatoms. The summed E-state index contributed by atoms with van der Waals surface area (Å²) in [5.74, 6) is 1.91. The van der Waals surface area contributed by atoms with Gasteiger partial charge in [-0.05, 0) is 49.9 Å². The lowest BCUT2D eigenvalue weighted by Crippen LogP contribution is -2.33. The highest BCUT2D eigenvalue weighted by molar-refractivity contribution is 7.90. The van der Waals surface area contributed by atoms with Crippen molar-refractivity contribution in [2.75, 3.05) is 7.11 Å². The summed E-state index contributed by atoms with van der Waals surface area (Å²) in [7, 11) is -1.72. The number of hydrogen-bond donors (Lipinski definition) is 1. The van der Waals surface area contributed by atoms with Crippen LogP contribution in [0.1, 0.15) is 37.4 Å². The lowest BCUT2D eigenvalue weighted by atomic mass is 10.1. The van der Waals surface area contributed by atoms with Crippen molar-refractivity contribution in [3.63, 3.8) is 0 Å². The predicted molar refractivity (Wildman–Crippen MR) is 95.6 cm³/mol. The predicted octanol–water partition coefficient (Wildman–Crippen LogP) is 3.20. The standard InChI is InChI=1S/C18H22N2O4S/c1-12(2)25(21,22)20-18-7-4-13-8-14(5-6-17(13)18)24-16-9-15(23-3)10-19-11-16/h5-6,8-12,18,20H,4,7H2,1-3H3. The van der Waals surface area contributed by atoms with Crippen molar-refractivity contribution in [1.82, 2.24) is 9.71 Å². The molecule has 0 spiro atoms. The molecule has 1 aliphatic carbocycles. The third-order valence-electron chi connectivity index (χ3n) is 4.28. The van der Waals surface area contributed by atoms with Crippen LogP contribution >= 0.6 is 0 Å². The number of rotatable bonds is 6. The number of nitrogens with one attached hydrogen (secondary N) is 1. The zero-order valence-electron chi connectivity index (χ0n) is 14.5. The highest BCUT2D eigenvalue weighted by Crippen LogP contribution is 2.35. The minimum atomic E-state index is -3.29. The van der Waals surface area contributed by atoms with E-state index in [9.17, 15) is 8.42 Å². The number of aryl methyl sites for hydroxylation is 1. The van der Waals surface area contributed by atoms with Gasteiger partial charge in [-0.25, -0.2) is 13.1 Å². The molecule has 1 heterocycles. The van der Waals surface area contributed by atoms with Gasteiger partial charge in [-0.2, -0.15) is 0 Å². The lowest BCUT2D eigenvalue weighted by Gasteiger charge is -2.16. The van der Waals surface area contributed by atoms with Gasteiger partial charge in [0.1, 0.15) is 17.2 Å². The highest BCUT2D eigenvalue weighted by Gasteiger charge is 2.28. The van der Waals surface area contributed by atoms with Crippen molar-refractivity contribution in [3.05, 3.63) is 47.8 Å². The molecule has 1 unspecified atom stereocenters. The maximum absolute atomic E-state index is 12.1. The number of pyridine rings is 1. The molecule has 0 aliphatic heterocycles. The van der Waals surface area contributed by atoms with Crippen molar-refractivity contribution in [2.45, 2.75) is 38.0 Å². The van der Waals surface area contributed by atoms with Crippen LogP contribution in [-0.4, -0.2) is 25.8 Å². The molecule has 0 saturated heterocycles. The molecule has 0 amide bonds. The van der Waals surface area contributed by atoms with Gasteiger partial charge in [-0.3, -0.25) is 4.98 Å². The van der Waals surface area contributed by atoms with Crippen molar-refractivity contribution in [1.29, 1.82) is 0 Å². The average Bonchev–Trinajstić information content (AvgIpc) is 2.96. The van der Waals surface area contributed by atoms with E-state index in [1.54, 1.807) is 39.4 Å². The molecule has 0 radical (unpaired) electrons. The van der Waals surface area contributed by atoms with E-state index >= 15 is 0 Å². The molecule has 134 valence electrons. The largest absolute Gasteiger partial charge is 0.495 e. The zero-order chi connectivity index (χ0) is 18.0. The Morgan fingerprint density at radius 3 is 2.64 bits per heavy atom. The number of fused-ring (bicyclic) bond motifs is 1. The summed E-state index contributed by atoms with van der Waals surface area (Å²) in [4.78, 5) is 4.07. The van der Waals surface area contributed by atoms with Gasteiger partial charge in [0.25, 0.3) is 0 Å². The molecule has 1 aliphatic rings. The van der Waals surface area contributed by atoms with Gasteiger partial charge in [0.2, 0.25) is 10.0 Å². The van der Waals surface area contributed by atoms with Crippen LogP contribution in [0.4, 0.5) is 0 Å². The Balaban J connectivity index is 1.77. The number of ether oxygens (including phenoxy) is 2. The van der Waals surface area contributed by atoms with Crippen molar-refractivity contribution in [2.24, 2.45) is 0 Å². The van der Waals surface area contributed by atoms with Gasteiger partial charge < -0.3 is 9.47 Å². The van der Waals surface area contributed by atoms with Crippen LogP contribution in [0, 0.1) is 0 Å². The van der Waals surface area contributed by atoms with Crippen LogP contribution in [0.3, 0.4) is 0 Å². The second kappa shape index (κ2) is 7.01. The summed E-state index contributed by atoms with van der Waals surface area (Å²) >= 11 is 0. The molecule has 1 N–H and O–H groups in total. The van der Waals surface area contributed by atoms with Gasteiger partial charge >= 0.3 is 0 Å². The molecular formula is C18H22N2O4S. The minimum absolute atomic E-state index is 0.171. The first-order valence-electron chi connectivity index (χ1n) is 8.20. The Labute approximate surface area is 148 Å². The molecule has 25 heavy (non-hydrogen) atoms. The maximum Gasteiger partial charge on any atom is 0.214 e. The number of methoxy groups -OCH3 is 1. The van der Waals surface area contributed by atoms with Crippen molar-refractivity contribution in [3.8, 4) is 17.2 Å². The molecule has 3 rings (SSSR count). The van der Waals surface area contributed by atoms with Crippen LogP contribution < -0.4 is 14.2 Å². The summed E-state index contributed by atoms with van der Waals surface area (Å²) in [6.45, 7) is 3.36. The molecule has 1 aromatic heterocycles. The fraction of sp³-hybridized carbons (Fsp3) is 0.389. The van der Waals surface area contributed by atoms with Crippen molar-refractivity contribution >= 4 is 10.0 Å². The fourth-order valence-corrected chi connectivity index (χ4v) is 3.73. The Hall–Kier alpha value is -2.12. The van der Waals surface area contributed by atoms with E-state index in [1.807, 2.05) is 18.2 Å². The summed E-state index contributed by atoms with van der Waals surface area (Å²) in [5, 5.41) is -0.445. The number of benzene rings is 1. The minimum Gasteiger partial charge on any atom is -0.495 e. The van der Waals surface area contributed by atoms with E-state index in [1.165, 1.54) is 0 Å². The summed E-state index contributed by atoms with van der Waals surface area (Å²) in [6, 6.07) is 7.33. The van der Waals surface area contributed by atoms with E-state index in [2.05, 4.69) is 9.71 Å². The third kappa shape index (κ3) is 3.93. The SMILES string of the molecule is COc1cncc(Oc2ccc3c(c2)CCC3NS(=O)(=O)C(C)C)c1. The molecule has 2 aromatic rings. The molecule has 1 atom stereocenters. The molecule has 0 saturated carbocycles. The Bertz CT molecular complexity index is 865. The first kappa shape index (κ1) is 17.7. The number of nitrogens with zero attached hydrogens (tertiary/aromatic N) is 1. The summed E-state index contributed by atoms with van der Waals surface area (Å²) < 4.78 is 38.0. The van der Waals surface area contributed by atoms with Gasteiger partial charge in [-0.1, -0.05) is 6.07 Å². The molecule has 0 fully saturated rings. The number of aromatic nitrogens is 1.